The van der Waals surface area contributed by atoms with Crippen LogP contribution in [0.5, 0.6) is 0 Å². The Morgan fingerprint density at radius 2 is 2.43 bits per heavy atom. The van der Waals surface area contributed by atoms with Crippen LogP contribution in [0.4, 0.5) is 0 Å². The number of aliphatic hydroxyl groups excluding tert-OH is 1. The molecule has 0 bridgehead atoms. The standard InChI is InChI=1S/C4H10N2O/c1-3(7)2-4(5)6/h3,7H,2H2,1H3,(H3,5,6). The van der Waals surface area contributed by atoms with Gasteiger partial charge in [0.15, 0.2) is 0 Å². The van der Waals surface area contributed by atoms with Crippen molar-refractivity contribution in [2.45, 2.75) is 19.4 Å². The molecule has 0 aliphatic carbocycles. The van der Waals surface area contributed by atoms with E-state index in [-0.39, 0.29) is 12.3 Å². The van der Waals surface area contributed by atoms with Crippen molar-refractivity contribution in [1.29, 1.82) is 5.41 Å². The third-order valence-electron chi connectivity index (χ3n) is 0.515. The lowest BCUT2D eigenvalue weighted by Crippen LogP contribution is -2.16. The molecule has 0 aromatic heterocycles. The van der Waals surface area contributed by atoms with Crippen molar-refractivity contribution in [1.82, 2.24) is 0 Å². The number of hydrogen-bond acceptors (Lipinski definition) is 2. The summed E-state index contributed by atoms with van der Waals surface area (Å²) in [5, 5.41) is 15.1. The Kier molecular flexibility index (Phi) is 2.37. The largest absolute Gasteiger partial charge is 0.393 e. The van der Waals surface area contributed by atoms with Gasteiger partial charge in [-0.3, -0.25) is 5.41 Å². The van der Waals surface area contributed by atoms with E-state index in [0.717, 1.165) is 0 Å². The lowest BCUT2D eigenvalue weighted by molar-refractivity contribution is 0.203. The maximum atomic E-state index is 8.50. The van der Waals surface area contributed by atoms with Crippen molar-refractivity contribution >= 4 is 5.84 Å². The predicted octanol–water partition coefficient (Wildman–Crippen LogP) is -0.307. The molecule has 0 aromatic carbocycles. The maximum Gasteiger partial charge on any atom is 0.0931 e. The Hall–Kier alpha value is -0.570. The van der Waals surface area contributed by atoms with E-state index in [9.17, 15) is 0 Å². The fourth-order valence-electron chi connectivity index (χ4n) is 0.318. The first kappa shape index (κ1) is 6.43. The van der Waals surface area contributed by atoms with Gasteiger partial charge in [0, 0.05) is 6.42 Å². The molecule has 0 radical (unpaired) electrons. The van der Waals surface area contributed by atoms with E-state index in [1.165, 1.54) is 0 Å². The van der Waals surface area contributed by atoms with Gasteiger partial charge in [0.05, 0.1) is 11.9 Å². The summed E-state index contributed by atoms with van der Waals surface area (Å²) >= 11 is 0. The minimum atomic E-state index is -0.475. The zero-order valence-electron chi connectivity index (χ0n) is 4.31. The highest BCUT2D eigenvalue weighted by Crippen LogP contribution is 1.84. The first-order valence-corrected chi connectivity index (χ1v) is 2.14. The first-order valence-electron chi connectivity index (χ1n) is 2.14. The van der Waals surface area contributed by atoms with E-state index >= 15 is 0 Å². The van der Waals surface area contributed by atoms with Crippen LogP contribution in [0.25, 0.3) is 0 Å². The van der Waals surface area contributed by atoms with Crippen LogP contribution in [-0.4, -0.2) is 17.0 Å². The minimum Gasteiger partial charge on any atom is -0.393 e. The molecule has 3 heteroatoms. The Morgan fingerprint density at radius 3 is 2.43 bits per heavy atom. The van der Waals surface area contributed by atoms with Gasteiger partial charge in [-0.05, 0) is 6.92 Å². The van der Waals surface area contributed by atoms with Crippen LogP contribution < -0.4 is 5.73 Å². The van der Waals surface area contributed by atoms with Crippen LogP contribution in [0.3, 0.4) is 0 Å². The van der Waals surface area contributed by atoms with Crippen molar-refractivity contribution in [2.75, 3.05) is 0 Å². The average molecular weight is 102 g/mol. The smallest absolute Gasteiger partial charge is 0.0931 e. The molecule has 0 fully saturated rings. The zero-order valence-corrected chi connectivity index (χ0v) is 4.31. The molecule has 3 nitrogen and oxygen atoms in total. The maximum absolute atomic E-state index is 8.50. The number of nitrogens with one attached hydrogen (secondary N) is 1. The van der Waals surface area contributed by atoms with Gasteiger partial charge in [-0.1, -0.05) is 0 Å². The van der Waals surface area contributed by atoms with Gasteiger partial charge in [-0.25, -0.2) is 0 Å². The van der Waals surface area contributed by atoms with Crippen LogP contribution in [0.15, 0.2) is 0 Å². The first-order chi connectivity index (χ1) is 3.13. The number of aliphatic hydroxyl groups is 1. The fraction of sp³-hybridized carbons (Fsp3) is 0.750. The van der Waals surface area contributed by atoms with E-state index in [1.54, 1.807) is 6.92 Å². The summed E-state index contributed by atoms with van der Waals surface area (Å²) in [4.78, 5) is 0. The molecule has 0 aromatic rings. The highest BCUT2D eigenvalue weighted by molar-refractivity contribution is 5.77. The molecule has 0 heterocycles. The highest BCUT2D eigenvalue weighted by Gasteiger charge is 1.94. The van der Waals surface area contributed by atoms with Crippen molar-refractivity contribution in [3.63, 3.8) is 0 Å². The number of rotatable bonds is 2. The molecule has 0 saturated heterocycles. The van der Waals surface area contributed by atoms with Crippen molar-refractivity contribution in [3.8, 4) is 0 Å². The summed E-state index contributed by atoms with van der Waals surface area (Å²) in [5.74, 6) is 0.0370. The molecule has 0 aliphatic rings. The third kappa shape index (κ3) is 5.43. The molecular weight excluding hydrogens is 92.1 g/mol. The van der Waals surface area contributed by atoms with Crippen molar-refractivity contribution in [3.05, 3.63) is 0 Å². The lowest BCUT2D eigenvalue weighted by Gasteiger charge is -1.97. The lowest BCUT2D eigenvalue weighted by atomic mass is 10.3. The normalized spacial score (nSPS) is 13.4. The van der Waals surface area contributed by atoms with Gasteiger partial charge in [-0.2, -0.15) is 0 Å². The quantitative estimate of drug-likeness (QED) is 0.330. The summed E-state index contributed by atoms with van der Waals surface area (Å²) in [6, 6.07) is 0. The molecule has 0 spiro atoms. The second kappa shape index (κ2) is 2.58. The molecule has 0 rings (SSSR count). The van der Waals surface area contributed by atoms with Gasteiger partial charge < -0.3 is 10.8 Å². The monoisotopic (exact) mass is 102 g/mol. The van der Waals surface area contributed by atoms with E-state index in [4.69, 9.17) is 16.2 Å². The van der Waals surface area contributed by atoms with Crippen molar-refractivity contribution < 1.29 is 5.11 Å². The summed E-state index contributed by atoms with van der Waals surface area (Å²) in [7, 11) is 0. The molecule has 4 N–H and O–H groups in total. The van der Waals surface area contributed by atoms with Gasteiger partial charge in [-0.15, -0.1) is 0 Å². The van der Waals surface area contributed by atoms with Gasteiger partial charge in [0.2, 0.25) is 0 Å². The van der Waals surface area contributed by atoms with Gasteiger partial charge in [0.1, 0.15) is 0 Å². The Bertz CT molecular complexity index is 70.1. The van der Waals surface area contributed by atoms with Crippen LogP contribution in [0, 0.1) is 5.41 Å². The third-order valence-corrected chi connectivity index (χ3v) is 0.515. The number of hydrogen-bond donors (Lipinski definition) is 3. The van der Waals surface area contributed by atoms with Crippen LogP contribution >= 0.6 is 0 Å². The van der Waals surface area contributed by atoms with Crippen molar-refractivity contribution in [2.24, 2.45) is 5.73 Å². The molecule has 7 heavy (non-hydrogen) atoms. The van der Waals surface area contributed by atoms with E-state index in [0.29, 0.717) is 0 Å². The number of nitrogens with two attached hydrogens (primary N) is 1. The summed E-state index contributed by atoms with van der Waals surface area (Å²) in [6.45, 7) is 1.60. The Labute approximate surface area is 42.7 Å². The Balaban J connectivity index is 3.13. The highest BCUT2D eigenvalue weighted by atomic mass is 16.3. The summed E-state index contributed by atoms with van der Waals surface area (Å²) < 4.78 is 0. The summed E-state index contributed by atoms with van der Waals surface area (Å²) in [6.07, 6.45) is -0.197. The average Bonchev–Trinajstić information content (AvgIpc) is 1.27. The summed E-state index contributed by atoms with van der Waals surface area (Å²) in [5.41, 5.74) is 4.92. The predicted molar refractivity (Wildman–Crippen MR) is 28.2 cm³/mol. The molecule has 0 amide bonds. The molecule has 1 unspecified atom stereocenters. The topological polar surface area (TPSA) is 70.1 Å². The molecule has 0 aliphatic heterocycles. The second-order valence-electron chi connectivity index (χ2n) is 1.58. The number of amidine groups is 1. The van der Waals surface area contributed by atoms with Crippen LogP contribution in [0.1, 0.15) is 13.3 Å². The molecular formula is C4H10N2O. The van der Waals surface area contributed by atoms with E-state index in [1.807, 2.05) is 0 Å². The Morgan fingerprint density at radius 1 is 2.00 bits per heavy atom. The van der Waals surface area contributed by atoms with Gasteiger partial charge >= 0.3 is 0 Å². The molecule has 0 saturated carbocycles. The van der Waals surface area contributed by atoms with E-state index < -0.39 is 6.10 Å². The molecule has 1 atom stereocenters. The van der Waals surface area contributed by atoms with Gasteiger partial charge in [0.25, 0.3) is 0 Å². The zero-order chi connectivity index (χ0) is 5.86. The van der Waals surface area contributed by atoms with Crippen LogP contribution in [-0.2, 0) is 0 Å². The van der Waals surface area contributed by atoms with Crippen LogP contribution in [0.2, 0.25) is 0 Å². The SMILES string of the molecule is CC(O)CC(=N)N. The second-order valence-corrected chi connectivity index (χ2v) is 1.58. The molecule has 42 valence electrons. The fourth-order valence-corrected chi connectivity index (χ4v) is 0.318. The van der Waals surface area contributed by atoms with E-state index in [2.05, 4.69) is 0 Å². The minimum absolute atomic E-state index is 0.0370.